The molecule has 1 saturated carbocycles. The van der Waals surface area contributed by atoms with Crippen LogP contribution < -0.4 is 0 Å². The molecule has 1 aliphatic carbocycles. The van der Waals surface area contributed by atoms with E-state index < -0.39 is 0 Å². The van der Waals surface area contributed by atoms with Gasteiger partial charge in [0.15, 0.2) is 0 Å². The molecule has 0 spiro atoms. The van der Waals surface area contributed by atoms with Gasteiger partial charge in [0.25, 0.3) is 0 Å². The van der Waals surface area contributed by atoms with E-state index in [1.807, 2.05) is 28.8 Å². The summed E-state index contributed by atoms with van der Waals surface area (Å²) in [4.78, 5) is 8.80. The Bertz CT molecular complexity index is 714. The molecular formula is C13H12N4O. The van der Waals surface area contributed by atoms with Gasteiger partial charge >= 0.3 is 0 Å². The topological polar surface area (TPSA) is 56.2 Å². The first-order valence-electron chi connectivity index (χ1n) is 6.09. The van der Waals surface area contributed by atoms with Gasteiger partial charge < -0.3 is 4.52 Å². The van der Waals surface area contributed by atoms with Gasteiger partial charge in [-0.25, -0.2) is 4.98 Å². The first kappa shape index (κ1) is 9.82. The van der Waals surface area contributed by atoms with E-state index in [4.69, 9.17) is 4.52 Å². The standard InChI is InChI=1S/C13H12N4O/c1-8-6-9(8)13-15-12(16-18-13)10-7-14-11-4-2-3-5-17(10)11/h2-5,7-9H,6H2,1H3/t8-,9-/m1/s1. The van der Waals surface area contributed by atoms with Crippen molar-refractivity contribution in [2.75, 3.05) is 0 Å². The number of hydrogen-bond donors (Lipinski definition) is 0. The maximum absolute atomic E-state index is 5.33. The SMILES string of the molecule is C[C@@H]1C[C@H]1c1nc(-c2cnc3ccccn23)no1. The third-order valence-corrected chi connectivity index (χ3v) is 3.51. The van der Waals surface area contributed by atoms with Crippen molar-refractivity contribution in [1.82, 2.24) is 19.5 Å². The minimum Gasteiger partial charge on any atom is -0.339 e. The van der Waals surface area contributed by atoms with Gasteiger partial charge in [0.2, 0.25) is 11.7 Å². The maximum Gasteiger partial charge on any atom is 0.230 e. The third kappa shape index (κ3) is 1.37. The Morgan fingerprint density at radius 3 is 3.11 bits per heavy atom. The summed E-state index contributed by atoms with van der Waals surface area (Å²) in [6.45, 7) is 2.20. The molecule has 0 N–H and O–H groups in total. The van der Waals surface area contributed by atoms with Gasteiger partial charge in [-0.05, 0) is 24.5 Å². The number of pyridine rings is 1. The van der Waals surface area contributed by atoms with Crippen molar-refractivity contribution >= 4 is 5.65 Å². The van der Waals surface area contributed by atoms with Crippen LogP contribution in [0.5, 0.6) is 0 Å². The molecule has 0 aliphatic heterocycles. The van der Waals surface area contributed by atoms with Gasteiger partial charge in [0.1, 0.15) is 11.3 Å². The first-order valence-corrected chi connectivity index (χ1v) is 6.09. The highest BCUT2D eigenvalue weighted by molar-refractivity contribution is 5.56. The third-order valence-electron chi connectivity index (χ3n) is 3.51. The fourth-order valence-electron chi connectivity index (χ4n) is 2.25. The highest BCUT2D eigenvalue weighted by atomic mass is 16.5. The molecule has 0 aromatic carbocycles. The van der Waals surface area contributed by atoms with Gasteiger partial charge in [-0.15, -0.1) is 0 Å². The Morgan fingerprint density at radius 1 is 1.39 bits per heavy atom. The second kappa shape index (κ2) is 3.41. The summed E-state index contributed by atoms with van der Waals surface area (Å²) in [6.07, 6.45) is 4.88. The molecule has 4 rings (SSSR count). The Labute approximate surface area is 103 Å². The summed E-state index contributed by atoms with van der Waals surface area (Å²) in [5, 5.41) is 4.06. The Balaban J connectivity index is 1.80. The summed E-state index contributed by atoms with van der Waals surface area (Å²) in [6, 6.07) is 5.87. The van der Waals surface area contributed by atoms with Crippen LogP contribution in [0.15, 0.2) is 35.1 Å². The van der Waals surface area contributed by atoms with Crippen LogP contribution in [0.25, 0.3) is 17.2 Å². The molecule has 0 unspecified atom stereocenters. The lowest BCUT2D eigenvalue weighted by Gasteiger charge is -1.94. The summed E-state index contributed by atoms with van der Waals surface area (Å²) in [5.74, 6) is 2.48. The molecule has 0 saturated heterocycles. The molecule has 5 nitrogen and oxygen atoms in total. The fourth-order valence-corrected chi connectivity index (χ4v) is 2.25. The molecule has 3 heterocycles. The monoisotopic (exact) mass is 240 g/mol. The molecule has 2 atom stereocenters. The van der Waals surface area contributed by atoms with Crippen LogP contribution in [0.2, 0.25) is 0 Å². The van der Waals surface area contributed by atoms with Crippen molar-refractivity contribution in [2.24, 2.45) is 5.92 Å². The van der Waals surface area contributed by atoms with Gasteiger partial charge in [-0.1, -0.05) is 18.1 Å². The van der Waals surface area contributed by atoms with E-state index in [2.05, 4.69) is 22.0 Å². The predicted octanol–water partition coefficient (Wildman–Crippen LogP) is 2.51. The average Bonchev–Trinajstić information content (AvgIpc) is 2.85. The van der Waals surface area contributed by atoms with Crippen LogP contribution in [0.1, 0.15) is 25.2 Å². The zero-order valence-electron chi connectivity index (χ0n) is 9.95. The second-order valence-corrected chi connectivity index (χ2v) is 4.85. The minimum absolute atomic E-state index is 0.449. The van der Waals surface area contributed by atoms with E-state index in [0.29, 0.717) is 17.7 Å². The summed E-state index contributed by atoms with van der Waals surface area (Å²) >= 11 is 0. The molecule has 1 aliphatic rings. The summed E-state index contributed by atoms with van der Waals surface area (Å²) in [7, 11) is 0. The van der Waals surface area contributed by atoms with Crippen LogP contribution in [-0.4, -0.2) is 19.5 Å². The molecule has 1 fully saturated rings. The lowest BCUT2D eigenvalue weighted by atomic mass is 10.3. The second-order valence-electron chi connectivity index (χ2n) is 4.85. The van der Waals surface area contributed by atoms with Gasteiger partial charge in [0.05, 0.1) is 6.20 Å². The first-order chi connectivity index (χ1) is 8.83. The average molecular weight is 240 g/mol. The fraction of sp³-hybridized carbons (Fsp3) is 0.308. The molecule has 0 bridgehead atoms. The van der Waals surface area contributed by atoms with Crippen LogP contribution in [0, 0.1) is 5.92 Å². The van der Waals surface area contributed by atoms with E-state index in [-0.39, 0.29) is 0 Å². The van der Waals surface area contributed by atoms with Crippen molar-refractivity contribution < 1.29 is 4.52 Å². The molecule has 0 amide bonds. The Morgan fingerprint density at radius 2 is 2.28 bits per heavy atom. The van der Waals surface area contributed by atoms with Crippen molar-refractivity contribution in [2.45, 2.75) is 19.3 Å². The van der Waals surface area contributed by atoms with Crippen molar-refractivity contribution in [3.05, 3.63) is 36.5 Å². The minimum atomic E-state index is 0.449. The van der Waals surface area contributed by atoms with Crippen LogP contribution in [0.3, 0.4) is 0 Å². The van der Waals surface area contributed by atoms with Crippen LogP contribution >= 0.6 is 0 Å². The lowest BCUT2D eigenvalue weighted by Crippen LogP contribution is -1.89. The normalized spacial score (nSPS) is 22.5. The largest absolute Gasteiger partial charge is 0.339 e. The quantitative estimate of drug-likeness (QED) is 0.690. The van der Waals surface area contributed by atoms with Crippen molar-refractivity contribution in [1.29, 1.82) is 0 Å². The molecular weight excluding hydrogens is 228 g/mol. The van der Waals surface area contributed by atoms with Gasteiger partial charge in [-0.3, -0.25) is 4.40 Å². The highest BCUT2D eigenvalue weighted by Gasteiger charge is 2.39. The zero-order valence-corrected chi connectivity index (χ0v) is 9.95. The zero-order chi connectivity index (χ0) is 12.1. The van der Waals surface area contributed by atoms with E-state index in [1.165, 1.54) is 0 Å². The summed E-state index contributed by atoms with van der Waals surface area (Å²) in [5.41, 5.74) is 1.76. The molecule has 5 heteroatoms. The van der Waals surface area contributed by atoms with E-state index in [0.717, 1.165) is 23.7 Å². The van der Waals surface area contributed by atoms with E-state index in [1.54, 1.807) is 6.20 Å². The molecule has 0 radical (unpaired) electrons. The number of rotatable bonds is 2. The number of hydrogen-bond acceptors (Lipinski definition) is 4. The van der Waals surface area contributed by atoms with Crippen molar-refractivity contribution in [3.8, 4) is 11.5 Å². The van der Waals surface area contributed by atoms with Crippen LogP contribution in [0.4, 0.5) is 0 Å². The van der Waals surface area contributed by atoms with Crippen molar-refractivity contribution in [3.63, 3.8) is 0 Å². The molecule has 3 aromatic heterocycles. The molecule has 90 valence electrons. The Hall–Kier alpha value is -2.17. The smallest absolute Gasteiger partial charge is 0.230 e. The summed E-state index contributed by atoms with van der Waals surface area (Å²) < 4.78 is 7.29. The number of imidazole rings is 1. The maximum atomic E-state index is 5.33. The van der Waals surface area contributed by atoms with Gasteiger partial charge in [-0.2, -0.15) is 4.98 Å². The molecule has 3 aromatic rings. The Kier molecular flexibility index (Phi) is 1.86. The van der Waals surface area contributed by atoms with E-state index in [9.17, 15) is 0 Å². The number of fused-ring (bicyclic) bond motifs is 1. The lowest BCUT2D eigenvalue weighted by molar-refractivity contribution is 0.376. The van der Waals surface area contributed by atoms with E-state index >= 15 is 0 Å². The van der Waals surface area contributed by atoms with Gasteiger partial charge in [0, 0.05) is 12.1 Å². The predicted molar refractivity (Wildman–Crippen MR) is 65.0 cm³/mol. The number of aromatic nitrogens is 4. The number of nitrogens with zero attached hydrogens (tertiary/aromatic N) is 4. The molecule has 18 heavy (non-hydrogen) atoms. The van der Waals surface area contributed by atoms with Crippen LogP contribution in [-0.2, 0) is 0 Å². The highest BCUT2D eigenvalue weighted by Crippen LogP contribution is 2.46.